The third kappa shape index (κ3) is 3.03. The molecular weight excluding hydrogens is 166 g/mol. The molecule has 1 rings (SSSR count). The Hall–Kier alpha value is -1.08. The molecular formula is C9H15N3O. The number of amides is 1. The highest BCUT2D eigenvalue weighted by Gasteiger charge is 2.18. The zero-order valence-electron chi connectivity index (χ0n) is 7.99. The monoisotopic (exact) mass is 181 g/mol. The molecule has 0 spiro atoms. The van der Waals surface area contributed by atoms with Gasteiger partial charge in [-0.15, -0.1) is 0 Å². The fraction of sp³-hybridized carbons (Fsp3) is 0.778. The van der Waals surface area contributed by atoms with Gasteiger partial charge >= 0.3 is 0 Å². The lowest BCUT2D eigenvalue weighted by Gasteiger charge is -2.18. The van der Waals surface area contributed by atoms with E-state index in [1.165, 1.54) is 0 Å². The first-order valence-electron chi connectivity index (χ1n) is 4.57. The topological polar surface area (TPSA) is 47.3 Å². The van der Waals surface area contributed by atoms with Gasteiger partial charge < -0.3 is 4.90 Å². The van der Waals surface area contributed by atoms with Gasteiger partial charge in [0.05, 0.1) is 19.2 Å². The molecule has 1 heterocycles. The summed E-state index contributed by atoms with van der Waals surface area (Å²) in [6.07, 6.45) is 2.24. The predicted octanol–water partition coefficient (Wildman–Crippen LogP) is 0.0642. The van der Waals surface area contributed by atoms with E-state index in [1.54, 1.807) is 11.9 Å². The van der Waals surface area contributed by atoms with E-state index in [4.69, 9.17) is 5.26 Å². The summed E-state index contributed by atoms with van der Waals surface area (Å²) in [5, 5.41) is 8.40. The van der Waals surface area contributed by atoms with Crippen LogP contribution in [-0.2, 0) is 4.79 Å². The lowest BCUT2D eigenvalue weighted by atomic mass is 10.4. The van der Waals surface area contributed by atoms with E-state index in [2.05, 4.69) is 0 Å². The summed E-state index contributed by atoms with van der Waals surface area (Å²) < 4.78 is 0. The minimum Gasteiger partial charge on any atom is -0.342 e. The average molecular weight is 181 g/mol. The molecule has 0 aromatic heterocycles. The molecule has 4 nitrogen and oxygen atoms in total. The standard InChI is InChI=1S/C9H15N3O/c1-11(7-4-10)8-9(13)12-5-2-3-6-12/h2-3,5-8H2,1H3. The van der Waals surface area contributed by atoms with Crippen molar-refractivity contribution in [3.05, 3.63) is 0 Å². The van der Waals surface area contributed by atoms with Crippen LogP contribution in [0.1, 0.15) is 12.8 Å². The quantitative estimate of drug-likeness (QED) is 0.579. The smallest absolute Gasteiger partial charge is 0.236 e. The van der Waals surface area contributed by atoms with Crippen LogP contribution in [0.15, 0.2) is 0 Å². The zero-order chi connectivity index (χ0) is 9.68. The van der Waals surface area contributed by atoms with Crippen LogP contribution < -0.4 is 0 Å². The normalized spacial score (nSPS) is 16.2. The maximum absolute atomic E-state index is 11.5. The first-order valence-corrected chi connectivity index (χ1v) is 4.57. The van der Waals surface area contributed by atoms with E-state index >= 15 is 0 Å². The van der Waals surface area contributed by atoms with E-state index in [9.17, 15) is 4.79 Å². The van der Waals surface area contributed by atoms with E-state index in [-0.39, 0.29) is 5.91 Å². The van der Waals surface area contributed by atoms with Gasteiger partial charge in [0.25, 0.3) is 0 Å². The highest BCUT2D eigenvalue weighted by atomic mass is 16.2. The Kier molecular flexibility index (Phi) is 3.71. The number of carbonyl (C=O) groups is 1. The van der Waals surface area contributed by atoms with Crippen LogP contribution in [0.25, 0.3) is 0 Å². The van der Waals surface area contributed by atoms with Crippen molar-refractivity contribution in [3.63, 3.8) is 0 Å². The second kappa shape index (κ2) is 4.83. The van der Waals surface area contributed by atoms with Gasteiger partial charge in [-0.2, -0.15) is 5.26 Å². The van der Waals surface area contributed by atoms with Crippen molar-refractivity contribution in [1.82, 2.24) is 9.80 Å². The number of carbonyl (C=O) groups excluding carboxylic acids is 1. The summed E-state index contributed by atoms with van der Waals surface area (Å²) in [5.74, 6) is 0.148. The average Bonchev–Trinajstić information content (AvgIpc) is 2.55. The van der Waals surface area contributed by atoms with E-state index in [0.29, 0.717) is 13.1 Å². The Bertz CT molecular complexity index is 215. The van der Waals surface area contributed by atoms with Gasteiger partial charge in [-0.05, 0) is 19.9 Å². The summed E-state index contributed by atoms with van der Waals surface area (Å²) in [6, 6.07) is 2.02. The molecule has 0 aromatic rings. The zero-order valence-corrected chi connectivity index (χ0v) is 7.99. The second-order valence-corrected chi connectivity index (χ2v) is 3.42. The lowest BCUT2D eigenvalue weighted by Crippen LogP contribution is -2.37. The van der Waals surface area contributed by atoms with Crippen LogP contribution in [-0.4, -0.2) is 48.9 Å². The molecule has 0 atom stereocenters. The molecule has 1 fully saturated rings. The SMILES string of the molecule is CN(CC#N)CC(=O)N1CCCC1. The van der Waals surface area contributed by atoms with Gasteiger partial charge in [0.2, 0.25) is 5.91 Å². The number of likely N-dealkylation sites (N-methyl/N-ethyl adjacent to an activating group) is 1. The minimum atomic E-state index is 0.148. The first-order chi connectivity index (χ1) is 6.24. The fourth-order valence-corrected chi connectivity index (χ4v) is 1.47. The molecule has 1 aliphatic rings. The van der Waals surface area contributed by atoms with Gasteiger partial charge in [0.15, 0.2) is 0 Å². The number of hydrogen-bond acceptors (Lipinski definition) is 3. The molecule has 0 aliphatic carbocycles. The maximum atomic E-state index is 11.5. The molecule has 0 saturated carbocycles. The first kappa shape index (κ1) is 10.0. The summed E-state index contributed by atoms with van der Waals surface area (Å²) in [4.78, 5) is 15.1. The van der Waals surface area contributed by atoms with E-state index in [1.807, 2.05) is 11.0 Å². The minimum absolute atomic E-state index is 0.148. The highest BCUT2D eigenvalue weighted by Crippen LogP contribution is 2.07. The summed E-state index contributed by atoms with van der Waals surface area (Å²) >= 11 is 0. The summed E-state index contributed by atoms with van der Waals surface area (Å²) in [7, 11) is 1.79. The van der Waals surface area contributed by atoms with Gasteiger partial charge in [-0.25, -0.2) is 0 Å². The Morgan fingerprint density at radius 2 is 2.15 bits per heavy atom. The number of nitriles is 1. The van der Waals surface area contributed by atoms with Crippen LogP contribution in [0, 0.1) is 11.3 Å². The van der Waals surface area contributed by atoms with Gasteiger partial charge in [0.1, 0.15) is 0 Å². The van der Waals surface area contributed by atoms with E-state index < -0.39 is 0 Å². The molecule has 0 unspecified atom stereocenters. The van der Waals surface area contributed by atoms with Crippen LogP contribution in [0.2, 0.25) is 0 Å². The second-order valence-electron chi connectivity index (χ2n) is 3.42. The third-order valence-electron chi connectivity index (χ3n) is 2.20. The number of rotatable bonds is 3. The summed E-state index contributed by atoms with van der Waals surface area (Å²) in [6.45, 7) is 2.46. The van der Waals surface area contributed by atoms with Crippen molar-refractivity contribution in [1.29, 1.82) is 5.26 Å². The van der Waals surface area contributed by atoms with Gasteiger partial charge in [-0.1, -0.05) is 0 Å². The lowest BCUT2D eigenvalue weighted by molar-refractivity contribution is -0.130. The molecule has 1 aliphatic heterocycles. The third-order valence-corrected chi connectivity index (χ3v) is 2.20. The van der Waals surface area contributed by atoms with Crippen LogP contribution in [0.5, 0.6) is 0 Å². The Morgan fingerprint density at radius 3 is 2.69 bits per heavy atom. The maximum Gasteiger partial charge on any atom is 0.236 e. The van der Waals surface area contributed by atoms with Crippen LogP contribution in [0.4, 0.5) is 0 Å². The molecule has 72 valence electrons. The molecule has 0 bridgehead atoms. The van der Waals surface area contributed by atoms with E-state index in [0.717, 1.165) is 25.9 Å². The predicted molar refractivity (Wildman–Crippen MR) is 48.9 cm³/mol. The van der Waals surface area contributed by atoms with Crippen molar-refractivity contribution < 1.29 is 4.79 Å². The Balaban J connectivity index is 2.28. The van der Waals surface area contributed by atoms with Crippen molar-refractivity contribution in [3.8, 4) is 6.07 Å². The van der Waals surface area contributed by atoms with Crippen molar-refractivity contribution in [2.24, 2.45) is 0 Å². The molecule has 13 heavy (non-hydrogen) atoms. The Labute approximate surface area is 78.7 Å². The van der Waals surface area contributed by atoms with Crippen molar-refractivity contribution in [2.75, 3.05) is 33.2 Å². The van der Waals surface area contributed by atoms with Gasteiger partial charge in [-0.3, -0.25) is 9.69 Å². The summed E-state index contributed by atoms with van der Waals surface area (Å²) in [5.41, 5.74) is 0. The van der Waals surface area contributed by atoms with Crippen molar-refractivity contribution >= 4 is 5.91 Å². The fourth-order valence-electron chi connectivity index (χ4n) is 1.47. The van der Waals surface area contributed by atoms with Crippen LogP contribution in [0.3, 0.4) is 0 Å². The van der Waals surface area contributed by atoms with Gasteiger partial charge in [0, 0.05) is 13.1 Å². The number of likely N-dealkylation sites (tertiary alicyclic amines) is 1. The molecule has 0 radical (unpaired) electrons. The Morgan fingerprint density at radius 1 is 1.54 bits per heavy atom. The number of hydrogen-bond donors (Lipinski definition) is 0. The number of nitrogens with zero attached hydrogens (tertiary/aromatic N) is 3. The highest BCUT2D eigenvalue weighted by molar-refractivity contribution is 5.78. The molecule has 0 aromatic carbocycles. The van der Waals surface area contributed by atoms with Crippen molar-refractivity contribution in [2.45, 2.75) is 12.8 Å². The molecule has 1 amide bonds. The molecule has 0 N–H and O–H groups in total. The van der Waals surface area contributed by atoms with Crippen LogP contribution >= 0.6 is 0 Å². The largest absolute Gasteiger partial charge is 0.342 e. The molecule has 1 saturated heterocycles. The molecule has 4 heteroatoms.